The molecular weight excluding hydrogens is 1220 g/mol. The second kappa shape index (κ2) is 23.3. The summed E-state index contributed by atoms with van der Waals surface area (Å²) < 4.78 is 9.90. The first kappa shape index (κ1) is 38.4. The van der Waals surface area contributed by atoms with Crippen LogP contribution >= 0.6 is 11.8 Å². The van der Waals surface area contributed by atoms with Crippen molar-refractivity contribution in [2.45, 2.75) is 49.1 Å². The number of unbranched alkanes of at least 4 members (excludes halogenated alkanes) is 2. The van der Waals surface area contributed by atoms with Gasteiger partial charge < -0.3 is 35.8 Å². The quantitative estimate of drug-likeness (QED) is 0.254. The van der Waals surface area contributed by atoms with Gasteiger partial charge in [0, 0.05) is 183 Å². The van der Waals surface area contributed by atoms with Gasteiger partial charge in [-0.15, -0.1) is 11.8 Å². The van der Waals surface area contributed by atoms with Crippen LogP contribution in [0.25, 0.3) is 5.73 Å². The van der Waals surface area contributed by atoms with Crippen molar-refractivity contribution in [3.05, 3.63) is 5.73 Å². The number of methoxy groups -OCH3 is 1. The average molecular weight is 1250 g/mol. The van der Waals surface area contributed by atoms with Gasteiger partial charge in [-0.3, -0.25) is 0 Å². The number of hydrogen-bond donors (Lipinski definition) is 4. The molecule has 0 aromatic rings. The van der Waals surface area contributed by atoms with E-state index >= 15 is 0 Å². The van der Waals surface area contributed by atoms with Crippen LogP contribution in [-0.4, -0.2) is 77.2 Å². The number of carbonyl (C=O) groups is 1. The molecule has 1 saturated heterocycles. The SMILES string of the molecule is COC(=O)NCCCCCS[C@@H]1OC(CO)[C@H](O)[C@H](O)C1[NH-].[Ac].[Ac].[Ac].[Ac]. The zero-order valence-electron chi connectivity index (χ0n) is 14.9. The summed E-state index contributed by atoms with van der Waals surface area (Å²) in [4.78, 5) is 10.8. The van der Waals surface area contributed by atoms with E-state index in [1.54, 1.807) is 0 Å². The Morgan fingerprint density at radius 1 is 1.15 bits per heavy atom. The predicted octanol–water partition coefficient (Wildman–Crippen LogP) is 0.106. The van der Waals surface area contributed by atoms with Crippen molar-refractivity contribution in [3.63, 3.8) is 0 Å². The summed E-state index contributed by atoms with van der Waals surface area (Å²) >= 11 is 1.40. The number of ether oxygens (including phenoxy) is 2. The summed E-state index contributed by atoms with van der Waals surface area (Å²) in [6, 6.07) is -0.941. The van der Waals surface area contributed by atoms with Crippen LogP contribution in [-0.2, 0) is 9.47 Å². The van der Waals surface area contributed by atoms with E-state index in [0.717, 1.165) is 25.0 Å². The first-order valence-corrected chi connectivity index (χ1v) is 8.33. The normalized spacial score (nSPS) is 26.9. The first-order valence-electron chi connectivity index (χ1n) is 7.28. The van der Waals surface area contributed by atoms with Gasteiger partial charge in [0.25, 0.3) is 0 Å². The molecule has 13 heteroatoms. The van der Waals surface area contributed by atoms with E-state index in [-0.39, 0.29) is 183 Å². The van der Waals surface area contributed by atoms with E-state index in [1.165, 1.54) is 18.9 Å². The van der Waals surface area contributed by atoms with Gasteiger partial charge in [-0.2, -0.15) is 0 Å². The Morgan fingerprint density at radius 3 is 2.31 bits per heavy atom. The molecule has 0 saturated carbocycles. The number of amides is 1. The number of aliphatic hydroxyl groups is 3. The van der Waals surface area contributed by atoms with Gasteiger partial charge >= 0.3 is 6.09 Å². The molecule has 1 heterocycles. The van der Waals surface area contributed by atoms with E-state index < -0.39 is 35.9 Å². The standard InChI is InChI=1S/C13H25N2O6S.4Ac/c1-20-13(19)15-5-3-2-4-6-22-12-9(14)11(18)10(17)8(7-16)21-12;;;;/h8-12,14,16-18H,2-7H2,1H3,(H,15,19);;;;/q-1;;;;/t8?,9?,10-,11+,12-;;;;/m0..../s1. The van der Waals surface area contributed by atoms with Gasteiger partial charge in [0.2, 0.25) is 0 Å². The zero-order chi connectivity index (χ0) is 16.5. The van der Waals surface area contributed by atoms with E-state index in [4.69, 9.17) is 15.6 Å². The number of rotatable bonds is 8. The van der Waals surface area contributed by atoms with E-state index in [0.29, 0.717) is 6.54 Å². The minimum Gasteiger partial charge on any atom is -0.670 e. The van der Waals surface area contributed by atoms with Gasteiger partial charge in [0.1, 0.15) is 12.2 Å². The summed E-state index contributed by atoms with van der Waals surface area (Å²) in [5.41, 5.74) is 7.28. The van der Waals surface area contributed by atoms with Crippen LogP contribution < -0.4 is 5.32 Å². The van der Waals surface area contributed by atoms with Crippen molar-refractivity contribution >= 4 is 17.9 Å². The summed E-state index contributed by atoms with van der Waals surface area (Å²) in [6.45, 7) is 0.164. The summed E-state index contributed by atoms with van der Waals surface area (Å²) in [5, 5.41) is 31.1. The second-order valence-corrected chi connectivity index (χ2v) is 6.29. The minimum atomic E-state index is -1.23. The fraction of sp³-hybridized carbons (Fsp3) is 0.923. The van der Waals surface area contributed by atoms with Crippen LogP contribution in [0, 0.1) is 176 Å². The summed E-state index contributed by atoms with van der Waals surface area (Å²) in [5.74, 6) is 0.735. The predicted molar refractivity (Wildman–Crippen MR) is 82.6 cm³/mol. The van der Waals surface area contributed by atoms with Gasteiger partial charge in [-0.25, -0.2) is 4.79 Å². The van der Waals surface area contributed by atoms with Crippen LogP contribution in [0.4, 0.5) is 4.79 Å². The molecule has 1 fully saturated rings. The number of nitrogens with one attached hydrogen (secondary N) is 2. The molecule has 0 aromatic heterocycles. The molecule has 5 N–H and O–H groups in total. The Kier molecular flexibility index (Phi) is 34.5. The molecular formula is C13H25Ac4N2O6S-. The average Bonchev–Trinajstić information content (AvgIpc) is 2.53. The number of hydrogen-bond acceptors (Lipinski definition) is 7. The Bertz CT molecular complexity index is 350. The van der Waals surface area contributed by atoms with Crippen LogP contribution in [0.5, 0.6) is 0 Å². The molecule has 1 rings (SSSR count). The molecule has 0 aliphatic carbocycles. The molecule has 26 heavy (non-hydrogen) atoms. The van der Waals surface area contributed by atoms with Crippen molar-refractivity contribution < 1.29 is 206 Å². The van der Waals surface area contributed by atoms with Crippen LogP contribution in [0.15, 0.2) is 0 Å². The third kappa shape index (κ3) is 15.1. The zero-order valence-corrected chi connectivity index (χ0v) is 34.7. The molecule has 0 aromatic carbocycles. The van der Waals surface area contributed by atoms with E-state index in [2.05, 4.69) is 10.1 Å². The monoisotopic (exact) mass is 1250 g/mol. The van der Waals surface area contributed by atoms with Gasteiger partial charge in [0.05, 0.1) is 25.3 Å². The molecule has 0 bridgehead atoms. The Balaban J connectivity index is -0.000000605. The van der Waals surface area contributed by atoms with Crippen molar-refractivity contribution in [3.8, 4) is 0 Å². The van der Waals surface area contributed by atoms with E-state index in [9.17, 15) is 15.0 Å². The molecule has 0 spiro atoms. The summed E-state index contributed by atoms with van der Waals surface area (Å²) in [6.07, 6.45) is -1.13. The Hall–Kier alpha value is 5.19. The molecule has 2 unspecified atom stereocenters. The molecule has 1 aliphatic heterocycles. The van der Waals surface area contributed by atoms with Crippen molar-refractivity contribution in [2.75, 3.05) is 26.0 Å². The third-order valence-electron chi connectivity index (χ3n) is 3.44. The van der Waals surface area contributed by atoms with Crippen molar-refractivity contribution in [1.29, 1.82) is 0 Å². The van der Waals surface area contributed by atoms with Crippen LogP contribution in [0.3, 0.4) is 0 Å². The Morgan fingerprint density at radius 2 is 1.77 bits per heavy atom. The smallest absolute Gasteiger partial charge is 0.406 e. The van der Waals surface area contributed by atoms with E-state index in [1.807, 2.05) is 0 Å². The van der Waals surface area contributed by atoms with Gasteiger partial charge in [-0.1, -0.05) is 12.5 Å². The minimum absolute atomic E-state index is 0. The number of thioether (sulfide) groups is 1. The largest absolute Gasteiger partial charge is 0.670 e. The van der Waals surface area contributed by atoms with Crippen molar-refractivity contribution in [2.24, 2.45) is 0 Å². The molecule has 5 atom stereocenters. The Labute approximate surface area is 302 Å². The van der Waals surface area contributed by atoms with Crippen molar-refractivity contribution in [1.82, 2.24) is 5.32 Å². The molecule has 8 nitrogen and oxygen atoms in total. The summed E-state index contributed by atoms with van der Waals surface area (Å²) in [7, 11) is 1.32. The number of carbonyl (C=O) groups excluding carboxylic acids is 1. The maximum atomic E-state index is 10.8. The maximum absolute atomic E-state index is 10.8. The van der Waals surface area contributed by atoms with Gasteiger partial charge in [-0.05, 0) is 18.6 Å². The topological polar surface area (TPSA) is 132 Å². The maximum Gasteiger partial charge on any atom is 0.406 e. The number of aliphatic hydroxyl groups excluding tert-OH is 3. The van der Waals surface area contributed by atoms with Gasteiger partial charge in [0.15, 0.2) is 0 Å². The first-order chi connectivity index (χ1) is 10.5. The molecule has 1 aliphatic rings. The molecule has 4 radical (unpaired) electrons. The number of alkyl carbamates (subject to hydrolysis) is 1. The van der Waals surface area contributed by atoms with Crippen LogP contribution in [0.1, 0.15) is 19.3 Å². The third-order valence-corrected chi connectivity index (χ3v) is 4.70. The fourth-order valence-corrected chi connectivity index (χ4v) is 3.28. The second-order valence-electron chi connectivity index (χ2n) is 5.08. The fourth-order valence-electron chi connectivity index (χ4n) is 2.09. The molecule has 1 amide bonds. The molecule has 142 valence electrons. The van der Waals surface area contributed by atoms with Crippen LogP contribution in [0.2, 0.25) is 0 Å².